The lowest BCUT2D eigenvalue weighted by Crippen LogP contribution is -2.35. The molecule has 1 aromatic carbocycles. The average Bonchev–Trinajstić information content (AvgIpc) is 3.29. The quantitative estimate of drug-likeness (QED) is 0.253. The van der Waals surface area contributed by atoms with E-state index in [1.807, 2.05) is 24.3 Å². The first-order valence-electron chi connectivity index (χ1n) is 9.98. The summed E-state index contributed by atoms with van der Waals surface area (Å²) in [4.78, 5) is 13.4. The normalized spacial score (nSPS) is 23.4. The Kier molecular flexibility index (Phi) is 6.83. The molecule has 166 valence electrons. The summed E-state index contributed by atoms with van der Waals surface area (Å²) in [5, 5.41) is 36.9. The molecular weight excluding hydrogens is 445 g/mol. The molecule has 31 heavy (non-hydrogen) atoms. The number of hydrogen-bond donors (Lipinski definition) is 5. The number of halogens is 2. The molecule has 8 nitrogen and oxygen atoms in total. The van der Waals surface area contributed by atoms with Crippen LogP contribution in [0.3, 0.4) is 0 Å². The molecule has 4 atom stereocenters. The fraction of sp³-hybridized carbons (Fsp3) is 0.450. The molecule has 5 N–H and O–H groups in total. The van der Waals surface area contributed by atoms with Gasteiger partial charge in [-0.3, -0.25) is 4.39 Å². The van der Waals surface area contributed by atoms with Crippen molar-refractivity contribution in [3.63, 3.8) is 0 Å². The van der Waals surface area contributed by atoms with Gasteiger partial charge in [-0.2, -0.15) is 4.98 Å². The van der Waals surface area contributed by atoms with Gasteiger partial charge in [0.25, 0.3) is 0 Å². The van der Waals surface area contributed by atoms with Crippen LogP contribution in [0.5, 0.6) is 0 Å². The first-order valence-corrected chi connectivity index (χ1v) is 11.2. The van der Waals surface area contributed by atoms with E-state index in [1.54, 1.807) is 0 Å². The summed E-state index contributed by atoms with van der Waals surface area (Å²) in [6, 6.07) is 7.11. The molecule has 0 bridgehead atoms. The van der Waals surface area contributed by atoms with Gasteiger partial charge in [-0.15, -0.1) is 11.3 Å². The van der Waals surface area contributed by atoms with Gasteiger partial charge in [0, 0.05) is 19.1 Å². The minimum absolute atomic E-state index is 0.158. The summed E-state index contributed by atoms with van der Waals surface area (Å²) in [6.45, 7) is -0.365. The average molecular weight is 468 g/mol. The smallest absolute Gasteiger partial charge is 0.226 e. The van der Waals surface area contributed by atoms with Crippen LogP contribution >= 0.6 is 22.9 Å². The monoisotopic (exact) mass is 467 g/mol. The first-order chi connectivity index (χ1) is 15.0. The van der Waals surface area contributed by atoms with Gasteiger partial charge in [0.15, 0.2) is 0 Å². The first kappa shape index (κ1) is 22.1. The van der Waals surface area contributed by atoms with E-state index in [0.717, 1.165) is 10.2 Å². The fourth-order valence-corrected chi connectivity index (χ4v) is 5.00. The van der Waals surface area contributed by atoms with Crippen LogP contribution in [0.4, 0.5) is 16.2 Å². The summed E-state index contributed by atoms with van der Waals surface area (Å²) in [5.41, 5.74) is 1.29. The summed E-state index contributed by atoms with van der Waals surface area (Å²) >= 11 is 7.96. The SMILES string of the molecule is OC[C@H]1C[C@@H](Nc2nc(NCCCF)nc(Cl)c2-c2nc3ccccc3s2)[C@H](O)[C@@H]1O. The second-order valence-electron chi connectivity index (χ2n) is 7.43. The molecule has 0 aliphatic heterocycles. The topological polar surface area (TPSA) is 123 Å². The largest absolute Gasteiger partial charge is 0.396 e. The van der Waals surface area contributed by atoms with E-state index in [0.29, 0.717) is 35.8 Å². The van der Waals surface area contributed by atoms with Gasteiger partial charge in [0.05, 0.1) is 34.6 Å². The van der Waals surface area contributed by atoms with Gasteiger partial charge in [-0.1, -0.05) is 23.7 Å². The van der Waals surface area contributed by atoms with Crippen molar-refractivity contribution in [3.05, 3.63) is 29.4 Å². The number of rotatable bonds is 8. The zero-order valence-electron chi connectivity index (χ0n) is 16.5. The summed E-state index contributed by atoms with van der Waals surface area (Å²) in [5.74, 6) is 0.118. The van der Waals surface area contributed by atoms with Crippen molar-refractivity contribution in [3.8, 4) is 10.6 Å². The Morgan fingerprint density at radius 3 is 2.68 bits per heavy atom. The highest BCUT2D eigenvalue weighted by atomic mass is 35.5. The molecule has 0 saturated heterocycles. The van der Waals surface area contributed by atoms with E-state index in [-0.39, 0.29) is 17.7 Å². The van der Waals surface area contributed by atoms with Crippen molar-refractivity contribution in [1.29, 1.82) is 0 Å². The molecule has 4 rings (SSSR count). The van der Waals surface area contributed by atoms with Crippen LogP contribution < -0.4 is 10.6 Å². The molecule has 1 fully saturated rings. The minimum Gasteiger partial charge on any atom is -0.396 e. The van der Waals surface area contributed by atoms with Gasteiger partial charge in [-0.25, -0.2) is 9.97 Å². The number of para-hydroxylation sites is 1. The highest BCUT2D eigenvalue weighted by molar-refractivity contribution is 7.21. The molecule has 0 spiro atoms. The van der Waals surface area contributed by atoms with Crippen LogP contribution in [0.2, 0.25) is 5.15 Å². The highest BCUT2D eigenvalue weighted by Gasteiger charge is 2.41. The number of nitrogens with zero attached hydrogens (tertiary/aromatic N) is 3. The van der Waals surface area contributed by atoms with E-state index in [9.17, 15) is 19.7 Å². The number of nitrogens with one attached hydrogen (secondary N) is 2. The molecular formula is C20H23ClFN5O3S. The van der Waals surface area contributed by atoms with Gasteiger partial charge in [0.2, 0.25) is 5.95 Å². The summed E-state index contributed by atoms with van der Waals surface area (Å²) in [6.07, 6.45) is -1.48. The maximum absolute atomic E-state index is 12.5. The lowest BCUT2D eigenvalue weighted by molar-refractivity contribution is 0.00446. The van der Waals surface area contributed by atoms with Crippen LogP contribution in [-0.2, 0) is 0 Å². The predicted molar refractivity (Wildman–Crippen MR) is 119 cm³/mol. The molecule has 0 unspecified atom stereocenters. The molecule has 3 aromatic rings. The van der Waals surface area contributed by atoms with Crippen molar-refractivity contribution in [1.82, 2.24) is 15.0 Å². The van der Waals surface area contributed by atoms with Crippen LogP contribution in [0.25, 0.3) is 20.8 Å². The molecule has 2 aromatic heterocycles. The molecule has 11 heteroatoms. The number of hydrogen-bond acceptors (Lipinski definition) is 9. The third-order valence-corrected chi connectivity index (χ3v) is 6.65. The van der Waals surface area contributed by atoms with Crippen LogP contribution in [-0.4, -0.2) is 68.3 Å². The Hall–Kier alpha value is -2.11. The summed E-state index contributed by atoms with van der Waals surface area (Å²) < 4.78 is 13.4. The highest BCUT2D eigenvalue weighted by Crippen LogP contribution is 2.39. The van der Waals surface area contributed by atoms with E-state index in [2.05, 4.69) is 25.6 Å². The van der Waals surface area contributed by atoms with Crippen LogP contribution in [0.15, 0.2) is 24.3 Å². The lowest BCUT2D eigenvalue weighted by atomic mass is 10.1. The third kappa shape index (κ3) is 4.58. The number of anilines is 2. The number of fused-ring (bicyclic) bond motifs is 1. The predicted octanol–water partition coefficient (Wildman–Crippen LogP) is 2.69. The Bertz CT molecular complexity index is 1020. The number of alkyl halides is 1. The van der Waals surface area contributed by atoms with E-state index >= 15 is 0 Å². The molecule has 2 heterocycles. The lowest BCUT2D eigenvalue weighted by Gasteiger charge is -2.21. The Morgan fingerprint density at radius 2 is 1.97 bits per heavy atom. The Labute approximate surface area is 187 Å². The number of benzene rings is 1. The van der Waals surface area contributed by atoms with E-state index in [1.165, 1.54) is 11.3 Å². The molecule has 0 radical (unpaired) electrons. The minimum atomic E-state index is -1.09. The molecule has 1 aliphatic rings. The second kappa shape index (κ2) is 9.58. The molecule has 0 amide bonds. The summed E-state index contributed by atoms with van der Waals surface area (Å²) in [7, 11) is 0. The zero-order valence-corrected chi connectivity index (χ0v) is 18.1. The van der Waals surface area contributed by atoms with E-state index < -0.39 is 30.8 Å². The van der Waals surface area contributed by atoms with Gasteiger partial charge in [0.1, 0.15) is 22.1 Å². The van der Waals surface area contributed by atoms with Crippen molar-refractivity contribution in [2.45, 2.75) is 31.1 Å². The maximum Gasteiger partial charge on any atom is 0.226 e. The van der Waals surface area contributed by atoms with Crippen molar-refractivity contribution in [2.75, 3.05) is 30.5 Å². The second-order valence-corrected chi connectivity index (χ2v) is 8.82. The van der Waals surface area contributed by atoms with Crippen molar-refractivity contribution < 1.29 is 19.7 Å². The van der Waals surface area contributed by atoms with Gasteiger partial charge < -0.3 is 26.0 Å². The number of thiazole rings is 1. The number of aliphatic hydroxyl groups excluding tert-OH is 3. The van der Waals surface area contributed by atoms with Crippen LogP contribution in [0, 0.1) is 5.92 Å². The fourth-order valence-electron chi connectivity index (χ4n) is 3.68. The third-order valence-electron chi connectivity index (χ3n) is 5.32. The van der Waals surface area contributed by atoms with E-state index in [4.69, 9.17) is 11.6 Å². The van der Waals surface area contributed by atoms with Gasteiger partial charge in [-0.05, 0) is 25.0 Å². The Morgan fingerprint density at radius 1 is 1.16 bits per heavy atom. The van der Waals surface area contributed by atoms with Crippen LogP contribution in [0.1, 0.15) is 12.8 Å². The molecule has 1 saturated carbocycles. The van der Waals surface area contributed by atoms with Gasteiger partial charge >= 0.3 is 0 Å². The van der Waals surface area contributed by atoms with Crippen molar-refractivity contribution in [2.24, 2.45) is 5.92 Å². The Balaban J connectivity index is 1.72. The standard InChI is InChI=1S/C20H23ClFN5O3S/c21-17-14(19-25-11-4-1-2-5-13(11)31-19)18(27-20(26-17)23-7-3-6-22)24-12-8-10(9-28)15(29)16(12)30/h1-2,4-5,10,12,15-16,28-30H,3,6-9H2,(H2,23,24,26,27)/t10-,12-,15-,16+/m1/s1. The number of aliphatic hydroxyl groups is 3. The maximum atomic E-state index is 12.5. The number of aromatic nitrogens is 3. The molecule has 1 aliphatic carbocycles. The zero-order chi connectivity index (χ0) is 22.0. The van der Waals surface area contributed by atoms with Crippen molar-refractivity contribution >= 4 is 44.9 Å².